The van der Waals surface area contributed by atoms with Crippen LogP contribution < -0.4 is 15.0 Å². The molecule has 0 radical (unpaired) electrons. The van der Waals surface area contributed by atoms with Crippen molar-refractivity contribution in [1.29, 1.82) is 0 Å². The number of carboxylic acids is 1. The molecule has 0 spiro atoms. The molecule has 0 aliphatic carbocycles. The summed E-state index contributed by atoms with van der Waals surface area (Å²) in [6.45, 7) is 0.0648. The molecule has 22 heavy (non-hydrogen) atoms. The SMILES string of the molecule is O=C(C[n+]1cccc(/C=N/O)c1)Nc1ccc(C(=O)[O-])cc1. The maximum atomic E-state index is 11.9. The van der Waals surface area contributed by atoms with Crippen molar-refractivity contribution in [3.63, 3.8) is 0 Å². The number of nitrogens with zero attached hydrogens (tertiary/aromatic N) is 2. The minimum absolute atomic E-state index is 0.0448. The maximum absolute atomic E-state index is 11.9. The number of carbonyl (C=O) groups excluding carboxylic acids is 2. The number of aromatic carboxylic acids is 1. The van der Waals surface area contributed by atoms with Crippen LogP contribution in [0.5, 0.6) is 0 Å². The van der Waals surface area contributed by atoms with Crippen LogP contribution in [0.25, 0.3) is 0 Å². The summed E-state index contributed by atoms with van der Waals surface area (Å²) < 4.78 is 1.63. The molecule has 0 aliphatic heterocycles. The summed E-state index contributed by atoms with van der Waals surface area (Å²) >= 11 is 0. The van der Waals surface area contributed by atoms with E-state index in [4.69, 9.17) is 5.21 Å². The Morgan fingerprint density at radius 1 is 1.27 bits per heavy atom. The van der Waals surface area contributed by atoms with E-state index in [9.17, 15) is 14.7 Å². The van der Waals surface area contributed by atoms with Crippen LogP contribution in [-0.2, 0) is 11.3 Å². The number of nitrogens with one attached hydrogen (secondary N) is 1. The normalized spacial score (nSPS) is 10.5. The number of rotatable bonds is 5. The van der Waals surface area contributed by atoms with Crippen LogP contribution in [0.15, 0.2) is 53.9 Å². The molecule has 1 amide bonds. The van der Waals surface area contributed by atoms with Crippen molar-refractivity contribution in [3.8, 4) is 0 Å². The molecule has 0 atom stereocenters. The van der Waals surface area contributed by atoms with E-state index in [0.29, 0.717) is 11.3 Å². The molecule has 0 aliphatic rings. The lowest BCUT2D eigenvalue weighted by molar-refractivity contribution is -0.684. The standard InChI is InChI=1S/C15H13N3O4/c19-14(10-18-7-1-2-11(9-18)8-16-22)17-13-5-3-12(4-6-13)15(20)21/h1-9H,10H2,(H2-,17,19,20,21,22)/b16-8+. The molecular weight excluding hydrogens is 286 g/mol. The fraction of sp³-hybridized carbons (Fsp3) is 0.0667. The van der Waals surface area contributed by atoms with Crippen molar-refractivity contribution in [3.05, 3.63) is 59.9 Å². The molecule has 1 aromatic heterocycles. The molecule has 1 heterocycles. The van der Waals surface area contributed by atoms with Gasteiger partial charge in [-0.15, -0.1) is 0 Å². The number of hydrogen-bond acceptors (Lipinski definition) is 5. The lowest BCUT2D eigenvalue weighted by atomic mass is 10.2. The molecule has 0 saturated heterocycles. The molecule has 2 aromatic rings. The van der Waals surface area contributed by atoms with Crippen molar-refractivity contribution in [1.82, 2.24) is 0 Å². The van der Waals surface area contributed by atoms with Crippen molar-refractivity contribution >= 4 is 23.8 Å². The zero-order chi connectivity index (χ0) is 15.9. The highest BCUT2D eigenvalue weighted by atomic mass is 16.4. The third-order valence-electron chi connectivity index (χ3n) is 2.82. The van der Waals surface area contributed by atoms with Crippen LogP contribution in [0.2, 0.25) is 0 Å². The van der Waals surface area contributed by atoms with Crippen LogP contribution in [0.4, 0.5) is 5.69 Å². The number of benzene rings is 1. The van der Waals surface area contributed by atoms with E-state index in [1.54, 1.807) is 29.1 Å². The monoisotopic (exact) mass is 299 g/mol. The average molecular weight is 299 g/mol. The Labute approximate surface area is 126 Å². The van der Waals surface area contributed by atoms with Crippen molar-refractivity contribution in [2.45, 2.75) is 6.54 Å². The number of aromatic nitrogens is 1. The molecule has 7 heteroatoms. The Morgan fingerprint density at radius 2 is 2.00 bits per heavy atom. The topological polar surface area (TPSA) is 106 Å². The predicted octanol–water partition coefficient (Wildman–Crippen LogP) is -0.216. The van der Waals surface area contributed by atoms with Gasteiger partial charge in [-0.05, 0) is 23.8 Å². The van der Waals surface area contributed by atoms with Crippen molar-refractivity contribution < 1.29 is 24.5 Å². The van der Waals surface area contributed by atoms with Gasteiger partial charge in [-0.2, -0.15) is 4.57 Å². The van der Waals surface area contributed by atoms with Crippen molar-refractivity contribution in [2.75, 3.05) is 5.32 Å². The van der Waals surface area contributed by atoms with E-state index in [2.05, 4.69) is 10.5 Å². The highest BCUT2D eigenvalue weighted by molar-refractivity contribution is 5.91. The molecule has 2 N–H and O–H groups in total. The summed E-state index contributed by atoms with van der Waals surface area (Å²) in [5.74, 6) is -1.54. The van der Waals surface area contributed by atoms with Crippen LogP contribution >= 0.6 is 0 Å². The van der Waals surface area contributed by atoms with Crippen LogP contribution in [0, 0.1) is 0 Å². The number of hydrogen-bond donors (Lipinski definition) is 2. The second-order valence-electron chi connectivity index (χ2n) is 4.47. The quantitative estimate of drug-likeness (QED) is 0.345. The zero-order valence-electron chi connectivity index (χ0n) is 11.5. The Kier molecular flexibility index (Phi) is 4.81. The average Bonchev–Trinajstić information content (AvgIpc) is 2.48. The third kappa shape index (κ3) is 4.14. The molecule has 7 nitrogen and oxygen atoms in total. The van der Waals surface area contributed by atoms with Gasteiger partial charge in [0.05, 0.1) is 17.7 Å². The molecule has 0 unspecified atom stereocenters. The second kappa shape index (κ2) is 6.98. The lowest BCUT2D eigenvalue weighted by Crippen LogP contribution is -2.40. The van der Waals surface area contributed by atoms with Gasteiger partial charge >= 0.3 is 0 Å². The Morgan fingerprint density at radius 3 is 2.64 bits per heavy atom. The summed E-state index contributed by atoms with van der Waals surface area (Å²) in [6.07, 6.45) is 4.61. The van der Waals surface area contributed by atoms with Gasteiger partial charge in [0.1, 0.15) is 0 Å². The molecule has 2 rings (SSSR count). The molecule has 0 saturated carbocycles. The van der Waals surface area contributed by atoms with Gasteiger partial charge in [-0.3, -0.25) is 4.79 Å². The van der Waals surface area contributed by atoms with Crippen LogP contribution in [-0.4, -0.2) is 23.3 Å². The number of oxime groups is 1. The van der Waals surface area contributed by atoms with Gasteiger partial charge in [0.15, 0.2) is 12.4 Å². The largest absolute Gasteiger partial charge is 0.545 e. The number of carbonyl (C=O) groups is 2. The minimum Gasteiger partial charge on any atom is -0.545 e. The fourth-order valence-electron chi connectivity index (χ4n) is 1.84. The van der Waals surface area contributed by atoms with Gasteiger partial charge in [-0.1, -0.05) is 17.3 Å². The summed E-state index contributed by atoms with van der Waals surface area (Å²) in [4.78, 5) is 22.6. The van der Waals surface area contributed by atoms with E-state index in [1.165, 1.54) is 30.5 Å². The van der Waals surface area contributed by atoms with Gasteiger partial charge < -0.3 is 20.4 Å². The number of pyridine rings is 1. The molecule has 0 bridgehead atoms. The van der Waals surface area contributed by atoms with Gasteiger partial charge in [-0.25, -0.2) is 0 Å². The van der Waals surface area contributed by atoms with E-state index < -0.39 is 5.97 Å². The highest BCUT2D eigenvalue weighted by Gasteiger charge is 2.10. The summed E-state index contributed by atoms with van der Waals surface area (Å²) in [6, 6.07) is 9.14. The van der Waals surface area contributed by atoms with Gasteiger partial charge in [0.25, 0.3) is 5.91 Å². The molecular formula is C15H13N3O4. The fourth-order valence-corrected chi connectivity index (χ4v) is 1.84. The van der Waals surface area contributed by atoms with E-state index >= 15 is 0 Å². The predicted molar refractivity (Wildman–Crippen MR) is 75.4 cm³/mol. The summed E-state index contributed by atoms with van der Waals surface area (Å²) in [7, 11) is 0. The Bertz CT molecular complexity index is 711. The molecule has 1 aromatic carbocycles. The van der Waals surface area contributed by atoms with Gasteiger partial charge in [0, 0.05) is 11.8 Å². The van der Waals surface area contributed by atoms with Gasteiger partial charge in [0.2, 0.25) is 6.54 Å². The first-order valence-corrected chi connectivity index (χ1v) is 6.36. The highest BCUT2D eigenvalue weighted by Crippen LogP contribution is 2.08. The molecule has 0 fully saturated rings. The minimum atomic E-state index is -1.27. The zero-order valence-corrected chi connectivity index (χ0v) is 11.5. The maximum Gasteiger partial charge on any atom is 0.290 e. The van der Waals surface area contributed by atoms with E-state index in [1.807, 2.05) is 0 Å². The smallest absolute Gasteiger partial charge is 0.290 e. The van der Waals surface area contributed by atoms with E-state index in [0.717, 1.165) is 0 Å². The Balaban J connectivity index is 2.00. The number of amides is 1. The first-order chi connectivity index (χ1) is 10.6. The second-order valence-corrected chi connectivity index (χ2v) is 4.47. The molecule has 112 valence electrons. The number of anilines is 1. The summed E-state index contributed by atoms with van der Waals surface area (Å²) in [5, 5.41) is 24.7. The summed E-state index contributed by atoms with van der Waals surface area (Å²) in [5.41, 5.74) is 1.18. The number of carboxylic acid groups (broad SMARTS) is 1. The van der Waals surface area contributed by atoms with E-state index in [-0.39, 0.29) is 18.0 Å². The lowest BCUT2D eigenvalue weighted by Gasteiger charge is -2.05. The van der Waals surface area contributed by atoms with Crippen LogP contribution in [0.1, 0.15) is 15.9 Å². The van der Waals surface area contributed by atoms with Crippen LogP contribution in [0.3, 0.4) is 0 Å². The first kappa shape index (κ1) is 15.2. The first-order valence-electron chi connectivity index (χ1n) is 6.36. The van der Waals surface area contributed by atoms with Crippen molar-refractivity contribution in [2.24, 2.45) is 5.16 Å². The third-order valence-corrected chi connectivity index (χ3v) is 2.82. The Hall–Kier alpha value is -3.22.